The molecule has 2 rings (SSSR count). The van der Waals surface area contributed by atoms with Gasteiger partial charge in [-0.2, -0.15) is 5.48 Å². The van der Waals surface area contributed by atoms with E-state index >= 15 is 0 Å². The number of nitrogens with one attached hydrogen (secondary N) is 2. The van der Waals surface area contributed by atoms with Crippen LogP contribution in [0.4, 0.5) is 5.69 Å². The Bertz CT molecular complexity index is 844. The number of carbonyl (C=O) groups excluding carboxylic acids is 2. The quantitative estimate of drug-likeness (QED) is 0.408. The smallest absolute Gasteiger partial charge is 0.343 e. The minimum absolute atomic E-state index is 0.163. The second-order valence-corrected chi connectivity index (χ2v) is 6.15. The number of rotatable bonds is 10. The zero-order valence-corrected chi connectivity index (χ0v) is 16.3. The first kappa shape index (κ1) is 21.3. The van der Waals surface area contributed by atoms with Crippen molar-refractivity contribution in [2.45, 2.75) is 6.42 Å². The third kappa shape index (κ3) is 6.04. The average molecular weight is 408 g/mol. The van der Waals surface area contributed by atoms with E-state index in [0.717, 1.165) is 5.56 Å². The Morgan fingerprint density at radius 1 is 1.07 bits per heavy atom. The van der Waals surface area contributed by atoms with E-state index in [9.17, 15) is 9.59 Å². The highest BCUT2D eigenvalue weighted by atomic mass is 35.5. The summed E-state index contributed by atoms with van der Waals surface area (Å²) in [5, 5.41) is 3.20. The van der Waals surface area contributed by atoms with Crippen LogP contribution in [0, 0.1) is 0 Å². The third-order valence-electron chi connectivity index (χ3n) is 3.82. The molecule has 28 heavy (non-hydrogen) atoms. The minimum Gasteiger partial charge on any atom is -0.493 e. The molecule has 0 saturated carbocycles. The van der Waals surface area contributed by atoms with Crippen molar-refractivity contribution in [2.24, 2.45) is 5.73 Å². The van der Waals surface area contributed by atoms with Crippen molar-refractivity contribution < 1.29 is 23.9 Å². The minimum atomic E-state index is -0.624. The fourth-order valence-electron chi connectivity index (χ4n) is 2.44. The van der Waals surface area contributed by atoms with Crippen molar-refractivity contribution in [1.82, 2.24) is 5.48 Å². The summed E-state index contributed by atoms with van der Waals surface area (Å²) in [6, 6.07) is 10.1. The van der Waals surface area contributed by atoms with Crippen LogP contribution in [0.25, 0.3) is 0 Å². The van der Waals surface area contributed by atoms with Crippen LogP contribution in [0.5, 0.6) is 11.5 Å². The zero-order valence-electron chi connectivity index (χ0n) is 15.6. The summed E-state index contributed by atoms with van der Waals surface area (Å²) in [4.78, 5) is 28.2. The molecule has 0 fully saturated rings. The van der Waals surface area contributed by atoms with E-state index < -0.39 is 11.9 Å². The van der Waals surface area contributed by atoms with Crippen LogP contribution in [-0.2, 0) is 16.1 Å². The summed E-state index contributed by atoms with van der Waals surface area (Å²) in [5.74, 6) is 0.101. The predicted molar refractivity (Wildman–Crippen MR) is 106 cm³/mol. The van der Waals surface area contributed by atoms with Gasteiger partial charge in [0, 0.05) is 17.3 Å². The van der Waals surface area contributed by atoms with Crippen molar-refractivity contribution in [3.63, 3.8) is 0 Å². The Morgan fingerprint density at radius 3 is 2.50 bits per heavy atom. The van der Waals surface area contributed by atoms with Crippen LogP contribution in [-0.4, -0.2) is 39.2 Å². The highest BCUT2D eigenvalue weighted by Gasteiger charge is 2.11. The van der Waals surface area contributed by atoms with Crippen molar-refractivity contribution in [1.29, 1.82) is 0 Å². The van der Waals surface area contributed by atoms with E-state index in [2.05, 4.69) is 10.8 Å². The van der Waals surface area contributed by atoms with Crippen LogP contribution in [0.1, 0.15) is 15.9 Å². The molecule has 0 spiro atoms. The molecule has 0 bridgehead atoms. The van der Waals surface area contributed by atoms with Gasteiger partial charge in [0.25, 0.3) is 5.91 Å². The van der Waals surface area contributed by atoms with Crippen LogP contribution >= 0.6 is 11.6 Å². The molecule has 0 aliphatic heterocycles. The number of methoxy groups -OCH3 is 2. The topological polar surface area (TPSA) is 112 Å². The number of hydrogen-bond acceptors (Lipinski definition) is 7. The molecule has 0 aliphatic rings. The monoisotopic (exact) mass is 407 g/mol. The maximum absolute atomic E-state index is 11.8. The fourth-order valence-corrected chi connectivity index (χ4v) is 2.62. The van der Waals surface area contributed by atoms with E-state index in [1.165, 1.54) is 12.1 Å². The van der Waals surface area contributed by atoms with Crippen molar-refractivity contribution in [3.8, 4) is 11.5 Å². The van der Waals surface area contributed by atoms with Gasteiger partial charge in [0.1, 0.15) is 6.54 Å². The first-order valence-corrected chi connectivity index (χ1v) is 8.79. The van der Waals surface area contributed by atoms with E-state index in [4.69, 9.17) is 31.6 Å². The molecule has 9 heteroatoms. The van der Waals surface area contributed by atoms with Gasteiger partial charge in [0.05, 0.1) is 19.8 Å². The van der Waals surface area contributed by atoms with Crippen LogP contribution in [0.15, 0.2) is 36.4 Å². The highest BCUT2D eigenvalue weighted by molar-refractivity contribution is 6.31. The van der Waals surface area contributed by atoms with Crippen molar-refractivity contribution in [2.75, 3.05) is 32.6 Å². The van der Waals surface area contributed by atoms with Gasteiger partial charge in [-0.3, -0.25) is 4.79 Å². The molecule has 0 radical (unpaired) electrons. The summed E-state index contributed by atoms with van der Waals surface area (Å²) in [6.45, 7) is 0.245. The largest absolute Gasteiger partial charge is 0.493 e. The lowest BCUT2D eigenvalue weighted by Gasteiger charge is -2.11. The molecule has 0 aliphatic carbocycles. The Balaban J connectivity index is 1.78. The summed E-state index contributed by atoms with van der Waals surface area (Å²) < 4.78 is 10.4. The third-order valence-corrected chi connectivity index (χ3v) is 4.06. The number of carbonyl (C=O) groups is 2. The molecule has 0 unspecified atom stereocenters. The van der Waals surface area contributed by atoms with Gasteiger partial charge in [0.2, 0.25) is 0 Å². The lowest BCUT2D eigenvalue weighted by atomic mass is 10.1. The number of hydroxylamine groups is 1. The molecule has 8 nitrogen and oxygen atoms in total. The standard InChI is InChI=1S/C19H22ClN3O5/c1-26-16-6-3-12(9-17(16)27-2)7-8-23-28-18(24)11-22-15-10-13(20)4-5-14(15)19(21)25/h3-6,9-10,22-23H,7-8,11H2,1-2H3,(H2,21,25). The Labute approximate surface area is 167 Å². The molecule has 1 amide bonds. The number of halogens is 1. The van der Waals surface area contributed by atoms with Crippen molar-refractivity contribution >= 4 is 29.2 Å². The molecule has 0 saturated heterocycles. The SMILES string of the molecule is COc1ccc(CCNOC(=O)CNc2cc(Cl)ccc2C(N)=O)cc1OC. The van der Waals surface area contributed by atoms with Crippen LogP contribution in [0.2, 0.25) is 5.02 Å². The van der Waals surface area contributed by atoms with E-state index in [0.29, 0.717) is 35.2 Å². The maximum Gasteiger partial charge on any atom is 0.343 e. The first-order valence-electron chi connectivity index (χ1n) is 8.41. The number of anilines is 1. The van der Waals surface area contributed by atoms with Gasteiger partial charge in [-0.15, -0.1) is 0 Å². The van der Waals surface area contributed by atoms with Gasteiger partial charge < -0.3 is 25.4 Å². The molecule has 4 N–H and O–H groups in total. The zero-order chi connectivity index (χ0) is 20.5. The molecular weight excluding hydrogens is 386 g/mol. The number of amides is 1. The average Bonchev–Trinajstić information content (AvgIpc) is 2.69. The van der Waals surface area contributed by atoms with E-state index in [1.54, 1.807) is 20.3 Å². The summed E-state index contributed by atoms with van der Waals surface area (Å²) in [6.07, 6.45) is 0.612. The molecule has 0 aromatic heterocycles. The van der Waals surface area contributed by atoms with Crippen LogP contribution < -0.4 is 26.0 Å². The fraction of sp³-hybridized carbons (Fsp3) is 0.263. The number of ether oxygens (including phenoxy) is 2. The summed E-state index contributed by atoms with van der Waals surface area (Å²) in [5.41, 5.74) is 9.49. The van der Waals surface area contributed by atoms with Crippen molar-refractivity contribution in [3.05, 3.63) is 52.5 Å². The Morgan fingerprint density at radius 2 is 1.82 bits per heavy atom. The Hall–Kier alpha value is -2.97. The molecule has 0 atom stereocenters. The lowest BCUT2D eigenvalue weighted by molar-refractivity contribution is -0.148. The second kappa shape index (κ2) is 10.4. The molecule has 150 valence electrons. The number of hydrogen-bond donors (Lipinski definition) is 3. The van der Waals surface area contributed by atoms with Gasteiger partial charge in [-0.1, -0.05) is 17.7 Å². The summed E-state index contributed by atoms with van der Waals surface area (Å²) in [7, 11) is 3.14. The van der Waals surface area contributed by atoms with Gasteiger partial charge in [0.15, 0.2) is 11.5 Å². The molecule has 2 aromatic carbocycles. The maximum atomic E-state index is 11.8. The van der Waals surface area contributed by atoms with Gasteiger partial charge in [-0.05, 0) is 42.3 Å². The first-order chi connectivity index (χ1) is 13.4. The number of benzene rings is 2. The molecule has 0 heterocycles. The second-order valence-electron chi connectivity index (χ2n) is 5.72. The highest BCUT2D eigenvalue weighted by Crippen LogP contribution is 2.27. The normalized spacial score (nSPS) is 10.2. The lowest BCUT2D eigenvalue weighted by Crippen LogP contribution is -2.27. The van der Waals surface area contributed by atoms with Gasteiger partial charge >= 0.3 is 5.97 Å². The molecular formula is C19H22ClN3O5. The number of primary amides is 1. The van der Waals surface area contributed by atoms with E-state index in [1.807, 2.05) is 18.2 Å². The molecule has 2 aromatic rings. The summed E-state index contributed by atoms with van der Waals surface area (Å²) >= 11 is 5.90. The Kier molecular flexibility index (Phi) is 7.91. The predicted octanol–water partition coefficient (Wildman–Crippen LogP) is 2.16. The number of nitrogens with two attached hydrogens (primary N) is 1. The van der Waals surface area contributed by atoms with Gasteiger partial charge in [-0.25, -0.2) is 4.79 Å². The van der Waals surface area contributed by atoms with Crippen LogP contribution in [0.3, 0.4) is 0 Å². The van der Waals surface area contributed by atoms with E-state index in [-0.39, 0.29) is 12.1 Å².